The van der Waals surface area contributed by atoms with Gasteiger partial charge in [0.2, 0.25) is 10.0 Å². The predicted molar refractivity (Wildman–Crippen MR) is 142 cm³/mol. The number of guanidine groups is 1. The molecule has 2 unspecified atom stereocenters. The lowest BCUT2D eigenvalue weighted by molar-refractivity contribution is -0.769. The van der Waals surface area contributed by atoms with Gasteiger partial charge >= 0.3 is 19.4 Å². The lowest BCUT2D eigenvalue weighted by Gasteiger charge is -2.35. The van der Waals surface area contributed by atoms with Crippen LogP contribution in [0.15, 0.2) is 52.1 Å². The molecule has 0 aliphatic carbocycles. The molecule has 3 N–H and O–H groups in total. The number of rotatable bonds is 7. The number of sulfonamides is 1. The van der Waals surface area contributed by atoms with Crippen molar-refractivity contribution in [3.05, 3.63) is 42.2 Å². The number of hydrogen-bond acceptors (Lipinski definition) is 8. The van der Waals surface area contributed by atoms with E-state index in [2.05, 4.69) is 19.9 Å². The molecule has 13 heteroatoms. The van der Waals surface area contributed by atoms with Gasteiger partial charge in [0.05, 0.1) is 29.9 Å². The SMILES string of the molecule is C/C=C\C1=N[N+](CCC(C)(C)C)(C2=NP(=O)(OCC)c3cc(NS(C)(=O)=O)ccc3N2)C(=O)C=C1O. The minimum atomic E-state index is -3.95. The van der Waals surface area contributed by atoms with Crippen molar-refractivity contribution in [1.82, 2.24) is 0 Å². The quantitative estimate of drug-likeness (QED) is 0.353. The number of hydrogen-bond donors (Lipinski definition) is 3. The minimum Gasteiger partial charge on any atom is -0.505 e. The van der Waals surface area contributed by atoms with Crippen molar-refractivity contribution in [2.45, 2.75) is 41.0 Å². The van der Waals surface area contributed by atoms with Gasteiger partial charge in [-0.1, -0.05) is 36.5 Å². The summed E-state index contributed by atoms with van der Waals surface area (Å²) in [6.45, 7) is 9.72. The molecule has 2 heterocycles. The third-order valence-electron chi connectivity index (χ3n) is 5.41. The van der Waals surface area contributed by atoms with E-state index in [9.17, 15) is 22.9 Å². The van der Waals surface area contributed by atoms with Crippen LogP contribution in [0.4, 0.5) is 11.4 Å². The van der Waals surface area contributed by atoms with E-state index in [1.807, 2.05) is 20.8 Å². The van der Waals surface area contributed by atoms with Gasteiger partial charge in [-0.05, 0) is 43.5 Å². The molecule has 0 radical (unpaired) electrons. The molecule has 0 fully saturated rings. The van der Waals surface area contributed by atoms with Gasteiger partial charge in [0.1, 0.15) is 6.54 Å². The third kappa shape index (κ3) is 5.95. The van der Waals surface area contributed by atoms with Crippen LogP contribution in [0.25, 0.3) is 0 Å². The largest absolute Gasteiger partial charge is 0.505 e. The van der Waals surface area contributed by atoms with Crippen molar-refractivity contribution >= 4 is 51.8 Å². The molecule has 0 bridgehead atoms. The highest BCUT2D eigenvalue weighted by Gasteiger charge is 2.51. The first kappa shape index (κ1) is 27.8. The fourth-order valence-electron chi connectivity index (χ4n) is 3.69. The number of nitrogens with zero attached hydrogens (tertiary/aromatic N) is 3. The van der Waals surface area contributed by atoms with Gasteiger partial charge in [0.25, 0.3) is 0 Å². The fourth-order valence-corrected chi connectivity index (χ4v) is 6.08. The summed E-state index contributed by atoms with van der Waals surface area (Å²) >= 11 is 0. The lowest BCUT2D eigenvalue weighted by atomic mass is 9.92. The zero-order valence-electron chi connectivity index (χ0n) is 21.3. The summed E-state index contributed by atoms with van der Waals surface area (Å²) in [5.74, 6) is -0.842. The number of nitrogens with one attached hydrogen (secondary N) is 2. The van der Waals surface area contributed by atoms with E-state index < -0.39 is 28.0 Å². The molecule has 36 heavy (non-hydrogen) atoms. The zero-order valence-corrected chi connectivity index (χ0v) is 23.0. The highest BCUT2D eigenvalue weighted by molar-refractivity contribution is 7.92. The molecule has 0 aromatic heterocycles. The molecule has 2 atom stereocenters. The second-order valence-electron chi connectivity index (χ2n) is 9.75. The minimum absolute atomic E-state index is 0.0110. The molecule has 196 valence electrons. The van der Waals surface area contributed by atoms with Crippen molar-refractivity contribution in [2.75, 3.05) is 29.4 Å². The van der Waals surface area contributed by atoms with E-state index in [1.165, 1.54) is 12.1 Å². The Morgan fingerprint density at radius 2 is 2.00 bits per heavy atom. The van der Waals surface area contributed by atoms with Gasteiger partial charge in [-0.2, -0.15) is 0 Å². The maximum atomic E-state index is 14.1. The van der Waals surface area contributed by atoms with Crippen molar-refractivity contribution in [3.8, 4) is 0 Å². The fraction of sp³-hybridized carbons (Fsp3) is 0.435. The van der Waals surface area contributed by atoms with E-state index in [0.29, 0.717) is 12.1 Å². The summed E-state index contributed by atoms with van der Waals surface area (Å²) < 4.78 is 49.2. The lowest BCUT2D eigenvalue weighted by Crippen LogP contribution is -2.59. The Morgan fingerprint density at radius 1 is 1.31 bits per heavy atom. The van der Waals surface area contributed by atoms with Gasteiger partial charge in [-0.15, -0.1) is 4.76 Å². The normalized spacial score (nSPS) is 24.5. The Bertz CT molecular complexity index is 1340. The number of anilines is 2. The van der Waals surface area contributed by atoms with Crippen LogP contribution in [0.5, 0.6) is 0 Å². The van der Waals surface area contributed by atoms with E-state index in [4.69, 9.17) is 4.52 Å². The van der Waals surface area contributed by atoms with E-state index >= 15 is 0 Å². The van der Waals surface area contributed by atoms with Gasteiger partial charge in [0, 0.05) is 12.1 Å². The summed E-state index contributed by atoms with van der Waals surface area (Å²) in [5, 5.41) is 18.2. The standard InChI is InChI=1S/C23H32N5O6PS/c1-7-9-17-19(29)15-21(30)28(25-17,13-12-23(3,4)5)22-24-18-11-10-16(27-36(6,32)33)14-20(18)35(31,26-22)34-8-2/h7,9-11,14-15H,8,12-13H2,1-6H3,(H2-,24,25,26,27,29,30,31)/p+1/b9-7-. The summed E-state index contributed by atoms with van der Waals surface area (Å²) in [5.41, 5.74) is 0.552. The highest BCUT2D eigenvalue weighted by Crippen LogP contribution is 2.52. The number of amides is 1. The molecular formula is C23H33N5O6PS+. The topological polar surface area (TPSA) is 147 Å². The Hall–Kier alpha value is -2.79. The predicted octanol–water partition coefficient (Wildman–Crippen LogP) is 3.86. The average Bonchev–Trinajstić information content (AvgIpc) is 2.74. The highest BCUT2D eigenvalue weighted by atomic mass is 32.2. The van der Waals surface area contributed by atoms with Crippen molar-refractivity contribution in [2.24, 2.45) is 15.3 Å². The second-order valence-corrected chi connectivity index (χ2v) is 13.5. The number of carbonyl (C=O) groups excluding carboxylic acids is 1. The molecule has 2 aliphatic heterocycles. The number of quaternary nitrogens is 1. The molecule has 1 amide bonds. The summed E-state index contributed by atoms with van der Waals surface area (Å²) in [6, 6.07) is 4.45. The van der Waals surface area contributed by atoms with Gasteiger partial charge in [-0.3, -0.25) is 14.6 Å². The molecule has 0 spiro atoms. The average molecular weight is 539 g/mol. The number of aliphatic hydroxyl groups is 1. The molecular weight excluding hydrogens is 505 g/mol. The van der Waals surface area contributed by atoms with Crippen molar-refractivity contribution in [3.63, 3.8) is 0 Å². The smallest absolute Gasteiger partial charge is 0.376 e. The maximum absolute atomic E-state index is 14.1. The van der Waals surface area contributed by atoms with Crippen molar-refractivity contribution in [1.29, 1.82) is 0 Å². The summed E-state index contributed by atoms with van der Waals surface area (Å²) in [4.78, 5) is 13.5. The van der Waals surface area contributed by atoms with Gasteiger partial charge < -0.3 is 9.63 Å². The molecule has 3 rings (SSSR count). The first-order valence-corrected chi connectivity index (χ1v) is 14.9. The number of benzene rings is 1. The first-order chi connectivity index (χ1) is 16.6. The van der Waals surface area contributed by atoms with Crippen LogP contribution < -0.4 is 15.3 Å². The van der Waals surface area contributed by atoms with Crippen LogP contribution in [-0.2, 0) is 23.9 Å². The van der Waals surface area contributed by atoms with E-state index in [0.717, 1.165) is 12.3 Å². The molecule has 2 aliphatic rings. The Morgan fingerprint density at radius 3 is 2.58 bits per heavy atom. The van der Waals surface area contributed by atoms with Crippen LogP contribution in [0, 0.1) is 5.41 Å². The van der Waals surface area contributed by atoms with Crippen LogP contribution >= 0.6 is 7.52 Å². The van der Waals surface area contributed by atoms with E-state index in [1.54, 1.807) is 32.1 Å². The van der Waals surface area contributed by atoms with Crippen molar-refractivity contribution < 1.29 is 32.0 Å². The Balaban J connectivity index is 2.22. The van der Waals surface area contributed by atoms with Crippen LogP contribution in [0.3, 0.4) is 0 Å². The monoisotopic (exact) mass is 538 g/mol. The number of fused-ring (bicyclic) bond motifs is 1. The molecule has 0 saturated carbocycles. The van der Waals surface area contributed by atoms with Gasteiger partial charge in [-0.25, -0.2) is 13.2 Å². The van der Waals surface area contributed by atoms with Crippen LogP contribution in [0.1, 0.15) is 41.0 Å². The van der Waals surface area contributed by atoms with Crippen LogP contribution in [-0.4, -0.2) is 55.1 Å². The number of carbonyl (C=O) groups is 1. The Kier molecular flexibility index (Phi) is 7.67. The number of aliphatic hydroxyl groups excluding tert-OH is 1. The summed E-state index contributed by atoms with van der Waals surface area (Å²) in [7, 11) is -7.53. The number of allylic oxidation sites excluding steroid dienone is 2. The molecule has 0 saturated heterocycles. The molecule has 1 aromatic rings. The zero-order chi connectivity index (χ0) is 26.9. The maximum Gasteiger partial charge on any atom is 0.376 e. The van der Waals surface area contributed by atoms with E-state index in [-0.39, 0.29) is 47.0 Å². The molecule has 11 nitrogen and oxygen atoms in total. The third-order valence-corrected chi connectivity index (χ3v) is 8.05. The second kappa shape index (κ2) is 9.93. The summed E-state index contributed by atoms with van der Waals surface area (Å²) in [6.07, 6.45) is 5.91. The van der Waals surface area contributed by atoms with Gasteiger partial charge in [0.15, 0.2) is 11.5 Å². The Labute approximate surface area is 211 Å². The molecule has 1 aromatic carbocycles. The first-order valence-electron chi connectivity index (χ1n) is 11.4. The van der Waals surface area contributed by atoms with Crippen LogP contribution in [0.2, 0.25) is 0 Å².